The maximum absolute atomic E-state index is 12.4. The highest BCUT2D eigenvalue weighted by Crippen LogP contribution is 2.09. The number of nitrogens with zero attached hydrogens (tertiary/aromatic N) is 1. The number of likely N-dealkylation sites (N-methyl/N-ethyl adjacent to an activating group) is 1. The van der Waals surface area contributed by atoms with Crippen molar-refractivity contribution < 1.29 is 38.2 Å². The lowest BCUT2D eigenvalue weighted by Crippen LogP contribution is -2.55. The lowest BCUT2D eigenvalue weighted by Gasteiger charge is -2.34. The molecule has 0 aromatic rings. The standard InChI is InChI=1S/C32H51NO7/c1-6-8-10-12-14-15-17-19-21-23-31(35)40-28(26-38-25-24-29(32(36)37)33(3,4)5)27-39-30(34)22-20-18-16-13-11-9-7-2/h8-11,14-16,18-19,21,28-29H,6-7,12-13,17,20,22-27H2,1-5H3/b10-8+,11-9+,15-14+,18-16+,21-19+. The monoisotopic (exact) mass is 561 g/mol. The fourth-order valence-corrected chi connectivity index (χ4v) is 3.48. The Kier molecular flexibility index (Phi) is 22.1. The highest BCUT2D eigenvalue weighted by atomic mass is 16.6. The van der Waals surface area contributed by atoms with Crippen molar-refractivity contribution in [2.75, 3.05) is 41.0 Å². The number of carboxylic acid groups (broad SMARTS) is 1. The van der Waals surface area contributed by atoms with Crippen molar-refractivity contribution >= 4 is 17.9 Å². The molecule has 0 aliphatic carbocycles. The molecule has 0 heterocycles. The van der Waals surface area contributed by atoms with Crippen LogP contribution in [0.2, 0.25) is 0 Å². The lowest BCUT2D eigenvalue weighted by molar-refractivity contribution is -0.889. The van der Waals surface area contributed by atoms with Crippen molar-refractivity contribution in [1.29, 1.82) is 0 Å². The van der Waals surface area contributed by atoms with Gasteiger partial charge in [0, 0.05) is 12.8 Å². The van der Waals surface area contributed by atoms with Crippen LogP contribution < -0.4 is 5.11 Å². The predicted molar refractivity (Wildman–Crippen MR) is 157 cm³/mol. The van der Waals surface area contributed by atoms with Crippen molar-refractivity contribution in [3.8, 4) is 0 Å². The Morgan fingerprint density at radius 1 is 0.750 bits per heavy atom. The minimum Gasteiger partial charge on any atom is -0.544 e. The van der Waals surface area contributed by atoms with E-state index < -0.39 is 30.1 Å². The molecule has 0 aromatic carbocycles. The average molecular weight is 562 g/mol. The van der Waals surface area contributed by atoms with E-state index in [-0.39, 0.29) is 43.6 Å². The van der Waals surface area contributed by atoms with Crippen LogP contribution >= 0.6 is 0 Å². The van der Waals surface area contributed by atoms with Crippen LogP contribution in [0.15, 0.2) is 60.8 Å². The van der Waals surface area contributed by atoms with Crippen molar-refractivity contribution in [3.05, 3.63) is 60.8 Å². The van der Waals surface area contributed by atoms with Gasteiger partial charge in [0.15, 0.2) is 6.10 Å². The minimum absolute atomic E-state index is 0.0165. The number of allylic oxidation sites excluding steroid dienone is 9. The van der Waals surface area contributed by atoms with Crippen LogP contribution in [-0.2, 0) is 28.6 Å². The zero-order chi connectivity index (χ0) is 30.1. The molecule has 8 nitrogen and oxygen atoms in total. The number of carboxylic acids is 1. The number of esters is 2. The van der Waals surface area contributed by atoms with Crippen LogP contribution in [0.1, 0.15) is 71.6 Å². The maximum atomic E-state index is 12.4. The Labute approximate surface area is 241 Å². The summed E-state index contributed by atoms with van der Waals surface area (Å²) in [5.41, 5.74) is 0. The van der Waals surface area contributed by atoms with Gasteiger partial charge in [-0.05, 0) is 38.5 Å². The topological polar surface area (TPSA) is 102 Å². The van der Waals surface area contributed by atoms with Crippen LogP contribution in [0.4, 0.5) is 0 Å². The first kappa shape index (κ1) is 37.0. The van der Waals surface area contributed by atoms with Crippen LogP contribution in [0.25, 0.3) is 0 Å². The molecule has 0 saturated heterocycles. The highest BCUT2D eigenvalue weighted by molar-refractivity contribution is 5.71. The number of quaternary nitrogens is 1. The predicted octanol–water partition coefficient (Wildman–Crippen LogP) is 4.61. The number of hydrogen-bond acceptors (Lipinski definition) is 7. The summed E-state index contributed by atoms with van der Waals surface area (Å²) in [5.74, 6) is -2.00. The van der Waals surface area contributed by atoms with Crippen LogP contribution in [-0.4, -0.2) is 75.5 Å². The number of aliphatic carboxylic acids is 1. The normalized spacial score (nSPS) is 14.1. The molecule has 0 aliphatic heterocycles. The Hall–Kier alpha value is -2.97. The van der Waals surface area contributed by atoms with Gasteiger partial charge in [0.1, 0.15) is 12.6 Å². The van der Waals surface area contributed by atoms with Crippen LogP contribution in [0.3, 0.4) is 0 Å². The molecule has 226 valence electrons. The van der Waals surface area contributed by atoms with Crippen molar-refractivity contribution in [1.82, 2.24) is 0 Å². The molecule has 2 atom stereocenters. The molecule has 0 aliphatic rings. The molecular formula is C32H51NO7. The molecule has 0 N–H and O–H groups in total. The van der Waals surface area contributed by atoms with Gasteiger partial charge >= 0.3 is 11.9 Å². The molecule has 0 saturated carbocycles. The maximum Gasteiger partial charge on any atom is 0.310 e. The zero-order valence-electron chi connectivity index (χ0n) is 25.2. The third kappa shape index (κ3) is 21.9. The summed E-state index contributed by atoms with van der Waals surface area (Å²) in [4.78, 5) is 36.0. The van der Waals surface area contributed by atoms with Gasteiger partial charge in [-0.25, -0.2) is 0 Å². The van der Waals surface area contributed by atoms with Gasteiger partial charge in [0.05, 0.1) is 46.7 Å². The summed E-state index contributed by atoms with van der Waals surface area (Å²) >= 11 is 0. The quantitative estimate of drug-likeness (QED) is 0.0777. The van der Waals surface area contributed by atoms with Crippen molar-refractivity contribution in [3.63, 3.8) is 0 Å². The lowest BCUT2D eigenvalue weighted by atomic mass is 10.1. The van der Waals surface area contributed by atoms with Gasteiger partial charge in [-0.1, -0.05) is 74.6 Å². The van der Waals surface area contributed by atoms with Gasteiger partial charge in [-0.3, -0.25) is 9.59 Å². The summed E-state index contributed by atoms with van der Waals surface area (Å²) < 4.78 is 16.7. The molecule has 0 spiro atoms. The van der Waals surface area contributed by atoms with E-state index in [4.69, 9.17) is 14.2 Å². The molecule has 0 aromatic heterocycles. The van der Waals surface area contributed by atoms with Crippen LogP contribution in [0.5, 0.6) is 0 Å². The zero-order valence-corrected chi connectivity index (χ0v) is 25.2. The molecular weight excluding hydrogens is 510 g/mol. The second-order valence-electron chi connectivity index (χ2n) is 10.2. The largest absolute Gasteiger partial charge is 0.544 e. The molecule has 0 amide bonds. The Morgan fingerprint density at radius 3 is 1.85 bits per heavy atom. The van der Waals surface area contributed by atoms with E-state index >= 15 is 0 Å². The smallest absolute Gasteiger partial charge is 0.310 e. The van der Waals surface area contributed by atoms with Gasteiger partial charge < -0.3 is 28.6 Å². The van der Waals surface area contributed by atoms with Gasteiger partial charge in [0.25, 0.3) is 0 Å². The van der Waals surface area contributed by atoms with E-state index in [1.54, 1.807) is 27.2 Å². The Balaban J connectivity index is 4.77. The van der Waals surface area contributed by atoms with E-state index in [0.29, 0.717) is 12.8 Å². The first-order valence-corrected chi connectivity index (χ1v) is 14.3. The number of hydrogen-bond donors (Lipinski definition) is 0. The van der Waals surface area contributed by atoms with E-state index in [1.165, 1.54) is 0 Å². The molecule has 8 heteroatoms. The minimum atomic E-state index is -1.15. The second kappa shape index (κ2) is 23.9. The molecule has 0 radical (unpaired) electrons. The molecule has 2 unspecified atom stereocenters. The molecule has 0 bridgehead atoms. The number of carbonyl (C=O) groups is 3. The molecule has 0 rings (SSSR count). The summed E-state index contributed by atoms with van der Waals surface area (Å²) in [5, 5.41) is 11.5. The van der Waals surface area contributed by atoms with E-state index in [9.17, 15) is 19.5 Å². The Bertz CT molecular complexity index is 850. The third-order valence-corrected chi connectivity index (χ3v) is 5.70. The number of ether oxygens (including phenoxy) is 3. The Morgan fingerprint density at radius 2 is 1.30 bits per heavy atom. The first-order valence-electron chi connectivity index (χ1n) is 14.3. The van der Waals surface area contributed by atoms with Crippen molar-refractivity contribution in [2.45, 2.75) is 83.8 Å². The SMILES string of the molecule is CC/C=C/C/C=C/C/C=C/CC(=O)OC(COCCC(C(=O)[O-])[N+](C)(C)C)COC(=O)CC/C=C/C/C=C/CC. The average Bonchev–Trinajstić information content (AvgIpc) is 2.89. The van der Waals surface area contributed by atoms with Crippen molar-refractivity contribution in [2.24, 2.45) is 0 Å². The van der Waals surface area contributed by atoms with Gasteiger partial charge in [0.2, 0.25) is 0 Å². The van der Waals surface area contributed by atoms with E-state index in [2.05, 4.69) is 44.2 Å². The van der Waals surface area contributed by atoms with Crippen LogP contribution in [0, 0.1) is 0 Å². The van der Waals surface area contributed by atoms with E-state index in [1.807, 2.05) is 24.3 Å². The molecule has 40 heavy (non-hydrogen) atoms. The summed E-state index contributed by atoms with van der Waals surface area (Å²) in [7, 11) is 5.32. The summed E-state index contributed by atoms with van der Waals surface area (Å²) in [6, 6.07) is -0.744. The van der Waals surface area contributed by atoms with Gasteiger partial charge in [-0.15, -0.1) is 0 Å². The van der Waals surface area contributed by atoms with E-state index in [0.717, 1.165) is 25.7 Å². The fraction of sp³-hybridized carbons (Fsp3) is 0.594. The fourth-order valence-electron chi connectivity index (χ4n) is 3.48. The number of carbonyl (C=O) groups excluding carboxylic acids is 3. The van der Waals surface area contributed by atoms with Gasteiger partial charge in [-0.2, -0.15) is 0 Å². The number of rotatable bonds is 23. The first-order chi connectivity index (χ1) is 19.1. The molecule has 0 fully saturated rings. The second-order valence-corrected chi connectivity index (χ2v) is 10.2. The summed E-state index contributed by atoms with van der Waals surface area (Å²) in [6.45, 7) is 4.15. The summed E-state index contributed by atoms with van der Waals surface area (Å²) in [6.07, 6.45) is 24.8. The third-order valence-electron chi connectivity index (χ3n) is 5.70. The highest BCUT2D eigenvalue weighted by Gasteiger charge is 2.25.